The molecule has 4 aromatic carbocycles. The van der Waals surface area contributed by atoms with Crippen LogP contribution in [-0.2, 0) is 4.79 Å². The van der Waals surface area contributed by atoms with Crippen molar-refractivity contribution in [3.05, 3.63) is 143 Å². The van der Waals surface area contributed by atoms with Crippen molar-refractivity contribution in [3.8, 4) is 16.9 Å². The fraction of sp³-hybridized carbons (Fsp3) is 0. The highest BCUT2D eigenvalue weighted by Crippen LogP contribution is 2.35. The standard InChI is InChI=1S/C31H21ClN4O/c32-30-26(28(22-13-5-1-6-14-22)33-35(30)24-17-9-3-10-18-24)21-27-29(23-15-7-2-8-16-23)34-36(31(27)37)25-19-11-4-12-20-25/h1-21H/b27-21-. The van der Waals surface area contributed by atoms with Crippen LogP contribution in [0.1, 0.15) is 11.1 Å². The third-order valence-electron chi connectivity index (χ3n) is 6.13. The van der Waals surface area contributed by atoms with Gasteiger partial charge in [-0.05, 0) is 30.3 Å². The van der Waals surface area contributed by atoms with Crippen LogP contribution in [0.5, 0.6) is 0 Å². The number of carbonyl (C=O) groups is 1. The maximum Gasteiger partial charge on any atom is 0.281 e. The van der Waals surface area contributed by atoms with Crippen molar-refractivity contribution in [1.82, 2.24) is 9.78 Å². The number of carbonyl (C=O) groups excluding carboxylic acids is 1. The number of benzene rings is 4. The molecule has 1 aliphatic rings. The lowest BCUT2D eigenvalue weighted by molar-refractivity contribution is -0.114. The number of aromatic nitrogens is 2. The molecule has 0 atom stereocenters. The molecular formula is C31H21ClN4O. The average molecular weight is 501 g/mol. The zero-order chi connectivity index (χ0) is 25.2. The van der Waals surface area contributed by atoms with Gasteiger partial charge in [0, 0.05) is 16.7 Å². The van der Waals surface area contributed by atoms with E-state index >= 15 is 0 Å². The number of nitrogens with zero attached hydrogens (tertiary/aromatic N) is 4. The monoisotopic (exact) mass is 500 g/mol. The first-order valence-electron chi connectivity index (χ1n) is 11.9. The van der Waals surface area contributed by atoms with Crippen LogP contribution in [0.15, 0.2) is 132 Å². The van der Waals surface area contributed by atoms with Crippen LogP contribution in [0, 0.1) is 0 Å². The van der Waals surface area contributed by atoms with Crippen molar-refractivity contribution in [2.45, 2.75) is 0 Å². The highest BCUT2D eigenvalue weighted by Gasteiger charge is 2.33. The summed E-state index contributed by atoms with van der Waals surface area (Å²) in [7, 11) is 0. The Bertz CT molecular complexity index is 1630. The third kappa shape index (κ3) is 4.26. The first-order valence-corrected chi connectivity index (χ1v) is 12.2. The number of hydrogen-bond acceptors (Lipinski definition) is 3. The molecule has 37 heavy (non-hydrogen) atoms. The Morgan fingerprint density at radius 3 is 1.76 bits per heavy atom. The van der Waals surface area contributed by atoms with E-state index < -0.39 is 0 Å². The summed E-state index contributed by atoms with van der Waals surface area (Å²) in [6, 6.07) is 38.6. The van der Waals surface area contributed by atoms with E-state index in [0.29, 0.717) is 33.4 Å². The van der Waals surface area contributed by atoms with Gasteiger partial charge < -0.3 is 0 Å². The fourth-order valence-electron chi connectivity index (χ4n) is 4.33. The quantitative estimate of drug-likeness (QED) is 0.243. The molecule has 0 saturated carbocycles. The maximum atomic E-state index is 13.8. The zero-order valence-electron chi connectivity index (χ0n) is 19.7. The molecule has 1 aliphatic heterocycles. The van der Waals surface area contributed by atoms with Crippen LogP contribution < -0.4 is 5.01 Å². The predicted octanol–water partition coefficient (Wildman–Crippen LogP) is 7.03. The summed E-state index contributed by atoms with van der Waals surface area (Å²) in [5.41, 5.74) is 5.62. The SMILES string of the molecule is O=C1/C(=C\c2c(-c3ccccc3)nn(-c3ccccc3)c2Cl)C(c2ccccc2)=NN1c1ccccc1. The molecule has 178 valence electrons. The van der Waals surface area contributed by atoms with Gasteiger partial charge in [-0.3, -0.25) is 4.79 Å². The molecule has 0 aliphatic carbocycles. The van der Waals surface area contributed by atoms with E-state index in [1.807, 2.05) is 127 Å². The minimum Gasteiger partial charge on any atom is -0.267 e. The Balaban J connectivity index is 1.56. The van der Waals surface area contributed by atoms with Crippen LogP contribution in [0.3, 0.4) is 0 Å². The predicted molar refractivity (Wildman–Crippen MR) is 149 cm³/mol. The minimum absolute atomic E-state index is 0.229. The van der Waals surface area contributed by atoms with E-state index in [9.17, 15) is 4.79 Å². The number of rotatable bonds is 5. The van der Waals surface area contributed by atoms with Crippen LogP contribution in [0.4, 0.5) is 5.69 Å². The topological polar surface area (TPSA) is 50.5 Å². The summed E-state index contributed by atoms with van der Waals surface area (Å²) in [6.07, 6.45) is 1.81. The van der Waals surface area contributed by atoms with Crippen molar-refractivity contribution in [2.24, 2.45) is 5.10 Å². The molecule has 0 unspecified atom stereocenters. The van der Waals surface area contributed by atoms with Gasteiger partial charge in [0.15, 0.2) is 0 Å². The van der Waals surface area contributed by atoms with Crippen LogP contribution in [0.2, 0.25) is 5.15 Å². The highest BCUT2D eigenvalue weighted by atomic mass is 35.5. The normalized spacial score (nSPS) is 14.3. The number of halogens is 1. The molecule has 0 spiro atoms. The molecule has 6 heteroatoms. The Morgan fingerprint density at radius 1 is 0.649 bits per heavy atom. The number of hydrogen-bond donors (Lipinski definition) is 0. The van der Waals surface area contributed by atoms with Crippen LogP contribution in [0.25, 0.3) is 23.0 Å². The zero-order valence-corrected chi connectivity index (χ0v) is 20.5. The lowest BCUT2D eigenvalue weighted by atomic mass is 9.99. The molecule has 6 rings (SSSR count). The third-order valence-corrected chi connectivity index (χ3v) is 6.49. The van der Waals surface area contributed by atoms with Gasteiger partial charge in [0.25, 0.3) is 5.91 Å². The van der Waals surface area contributed by atoms with Gasteiger partial charge in [-0.1, -0.05) is 109 Å². The van der Waals surface area contributed by atoms with E-state index in [4.69, 9.17) is 21.8 Å². The van der Waals surface area contributed by atoms with Gasteiger partial charge in [-0.2, -0.15) is 15.2 Å². The van der Waals surface area contributed by atoms with Crippen molar-refractivity contribution in [1.29, 1.82) is 0 Å². The molecule has 0 radical (unpaired) electrons. The van der Waals surface area contributed by atoms with Gasteiger partial charge >= 0.3 is 0 Å². The molecule has 1 amide bonds. The van der Waals surface area contributed by atoms with Crippen LogP contribution >= 0.6 is 11.6 Å². The van der Waals surface area contributed by atoms with E-state index in [1.54, 1.807) is 4.68 Å². The van der Waals surface area contributed by atoms with Gasteiger partial charge in [-0.25, -0.2) is 4.68 Å². The smallest absolute Gasteiger partial charge is 0.267 e. The van der Waals surface area contributed by atoms with E-state index in [2.05, 4.69) is 0 Å². The van der Waals surface area contributed by atoms with Crippen molar-refractivity contribution in [3.63, 3.8) is 0 Å². The van der Waals surface area contributed by atoms with Crippen LogP contribution in [-0.4, -0.2) is 21.4 Å². The van der Waals surface area contributed by atoms with Gasteiger partial charge in [0.2, 0.25) is 0 Å². The molecule has 2 heterocycles. The highest BCUT2D eigenvalue weighted by molar-refractivity contribution is 6.38. The first-order chi connectivity index (χ1) is 18.2. The van der Waals surface area contributed by atoms with E-state index in [0.717, 1.165) is 16.8 Å². The van der Waals surface area contributed by atoms with Crippen molar-refractivity contribution >= 4 is 35.0 Å². The molecule has 0 N–H and O–H groups in total. The molecule has 0 bridgehead atoms. The Labute approximate surface area is 219 Å². The van der Waals surface area contributed by atoms with Gasteiger partial charge in [0.05, 0.1) is 16.9 Å². The summed E-state index contributed by atoms with van der Waals surface area (Å²) < 4.78 is 1.70. The van der Waals surface area contributed by atoms with E-state index in [1.165, 1.54) is 5.01 Å². The molecule has 1 aromatic heterocycles. The number of para-hydroxylation sites is 2. The number of anilines is 1. The molecule has 5 nitrogen and oxygen atoms in total. The second kappa shape index (κ2) is 9.72. The number of amides is 1. The second-order valence-corrected chi connectivity index (χ2v) is 8.85. The van der Waals surface area contributed by atoms with Crippen molar-refractivity contribution < 1.29 is 4.79 Å². The summed E-state index contributed by atoms with van der Waals surface area (Å²) in [4.78, 5) is 13.8. The average Bonchev–Trinajstić information content (AvgIpc) is 3.47. The van der Waals surface area contributed by atoms with Gasteiger partial charge in [-0.15, -0.1) is 0 Å². The molecular weight excluding hydrogens is 480 g/mol. The Hall–Kier alpha value is -4.74. The van der Waals surface area contributed by atoms with E-state index in [-0.39, 0.29) is 5.91 Å². The number of hydrazone groups is 1. The molecule has 0 fully saturated rings. The van der Waals surface area contributed by atoms with Crippen molar-refractivity contribution in [2.75, 3.05) is 5.01 Å². The van der Waals surface area contributed by atoms with Gasteiger partial charge in [0.1, 0.15) is 16.6 Å². The summed E-state index contributed by atoms with van der Waals surface area (Å²) in [6.45, 7) is 0. The molecule has 5 aromatic rings. The second-order valence-electron chi connectivity index (χ2n) is 8.49. The first kappa shape index (κ1) is 22.7. The summed E-state index contributed by atoms with van der Waals surface area (Å²) in [5.74, 6) is -0.229. The maximum absolute atomic E-state index is 13.8. The fourth-order valence-corrected chi connectivity index (χ4v) is 4.61. The molecule has 0 saturated heterocycles. The Kier molecular flexibility index (Phi) is 5.97. The minimum atomic E-state index is -0.229. The largest absolute Gasteiger partial charge is 0.281 e. The Morgan fingerprint density at radius 2 is 1.16 bits per heavy atom. The summed E-state index contributed by atoms with van der Waals surface area (Å²) in [5, 5.41) is 11.5. The lowest BCUT2D eigenvalue weighted by Crippen LogP contribution is -2.21. The summed E-state index contributed by atoms with van der Waals surface area (Å²) >= 11 is 6.98. The lowest BCUT2D eigenvalue weighted by Gasteiger charge is -2.11.